The van der Waals surface area contributed by atoms with Gasteiger partial charge in [0, 0.05) is 11.8 Å². The van der Waals surface area contributed by atoms with Gasteiger partial charge in [0.1, 0.15) is 0 Å². The summed E-state index contributed by atoms with van der Waals surface area (Å²) in [5.74, 6) is -1.33. The lowest BCUT2D eigenvalue weighted by Gasteiger charge is -2.06. The summed E-state index contributed by atoms with van der Waals surface area (Å²) in [5, 5.41) is 8.48. The summed E-state index contributed by atoms with van der Waals surface area (Å²) in [5.41, 5.74) is -1.80. The molecule has 1 rings (SSSR count). The molecule has 0 aliphatic carbocycles. The fourth-order valence-corrected chi connectivity index (χ4v) is 1.44. The van der Waals surface area contributed by atoms with E-state index in [1.165, 1.54) is 0 Å². The van der Waals surface area contributed by atoms with Gasteiger partial charge < -0.3 is 10.1 Å². The van der Waals surface area contributed by atoms with Crippen molar-refractivity contribution in [2.24, 2.45) is 0 Å². The highest BCUT2D eigenvalue weighted by atomic mass is 79.9. The lowest BCUT2D eigenvalue weighted by Crippen LogP contribution is -2.18. The van der Waals surface area contributed by atoms with Crippen LogP contribution in [0, 0.1) is 0 Å². The molecule has 0 unspecified atom stereocenters. The van der Waals surface area contributed by atoms with Crippen LogP contribution in [0.25, 0.3) is 0 Å². The molecule has 0 fully saturated rings. The Morgan fingerprint density at radius 3 is 2.67 bits per heavy atom. The molecule has 0 amide bonds. The number of pyridine rings is 1. The third kappa shape index (κ3) is 2.62. The molecule has 0 bridgehead atoms. The van der Waals surface area contributed by atoms with Gasteiger partial charge in [-0.3, -0.25) is 9.59 Å². The van der Waals surface area contributed by atoms with Gasteiger partial charge in [-0.2, -0.15) is 0 Å². The van der Waals surface area contributed by atoms with Gasteiger partial charge in [-0.25, -0.2) is 8.78 Å². The largest absolute Gasteiger partial charge is 0.481 e. The molecule has 0 aliphatic heterocycles. The van der Waals surface area contributed by atoms with Crippen molar-refractivity contribution in [1.82, 2.24) is 4.98 Å². The molecule has 0 saturated heterocycles. The van der Waals surface area contributed by atoms with E-state index < -0.39 is 35.5 Å². The Balaban J connectivity index is 3.35. The molecule has 4 nitrogen and oxygen atoms in total. The molecular weight excluding hydrogens is 276 g/mol. The van der Waals surface area contributed by atoms with E-state index in [0.29, 0.717) is 0 Å². The zero-order chi connectivity index (χ0) is 11.6. The maximum Gasteiger partial charge on any atom is 0.308 e. The molecule has 2 N–H and O–H groups in total. The molecule has 1 aromatic heterocycles. The van der Waals surface area contributed by atoms with Gasteiger partial charge in [0.05, 0.1) is 16.6 Å². The summed E-state index contributed by atoms with van der Waals surface area (Å²) in [6.07, 6.45) is -2.57. The van der Waals surface area contributed by atoms with Gasteiger partial charge >= 0.3 is 5.97 Å². The van der Waals surface area contributed by atoms with Crippen molar-refractivity contribution < 1.29 is 18.7 Å². The van der Waals surface area contributed by atoms with Gasteiger partial charge in [0.15, 0.2) is 5.43 Å². The minimum Gasteiger partial charge on any atom is -0.481 e. The average molecular weight is 282 g/mol. The molecule has 1 heterocycles. The number of hydrogen-bond acceptors (Lipinski definition) is 2. The third-order valence-electron chi connectivity index (χ3n) is 1.72. The highest BCUT2D eigenvalue weighted by molar-refractivity contribution is 9.10. The summed E-state index contributed by atoms with van der Waals surface area (Å²) < 4.78 is 24.9. The van der Waals surface area contributed by atoms with Crippen LogP contribution in [0.3, 0.4) is 0 Å². The number of carboxylic acid groups (broad SMARTS) is 1. The van der Waals surface area contributed by atoms with Crippen LogP contribution in [0.2, 0.25) is 0 Å². The smallest absolute Gasteiger partial charge is 0.308 e. The van der Waals surface area contributed by atoms with Crippen LogP contribution in [0.5, 0.6) is 0 Å². The van der Waals surface area contributed by atoms with Crippen LogP contribution in [0.15, 0.2) is 15.5 Å². The standard InChI is InChI=1S/C8H6BrF2NO3/c9-4-2-12-6(8(10)11)3(7(4)15)1-5(13)14/h2,8H,1H2,(H,12,15)(H,13,14). The van der Waals surface area contributed by atoms with E-state index in [1.807, 2.05) is 0 Å². The van der Waals surface area contributed by atoms with Crippen LogP contribution >= 0.6 is 15.9 Å². The average Bonchev–Trinajstić information content (AvgIpc) is 2.12. The number of rotatable bonds is 3. The monoisotopic (exact) mass is 281 g/mol. The summed E-state index contributed by atoms with van der Waals surface area (Å²) in [4.78, 5) is 24.0. The van der Waals surface area contributed by atoms with E-state index in [9.17, 15) is 18.4 Å². The number of H-pyrrole nitrogens is 1. The predicted octanol–water partition coefficient (Wildman–Crippen LogP) is 1.70. The maximum atomic E-state index is 12.4. The topological polar surface area (TPSA) is 70.2 Å². The van der Waals surface area contributed by atoms with E-state index in [4.69, 9.17) is 5.11 Å². The van der Waals surface area contributed by atoms with E-state index in [-0.39, 0.29) is 4.47 Å². The van der Waals surface area contributed by atoms with Gasteiger partial charge in [-0.05, 0) is 15.9 Å². The predicted molar refractivity (Wildman–Crippen MR) is 51.1 cm³/mol. The SMILES string of the molecule is O=C(O)Cc1c(C(F)F)[nH]cc(Br)c1=O. The first-order valence-corrected chi connectivity index (χ1v) is 4.62. The van der Waals surface area contributed by atoms with Crippen LogP contribution < -0.4 is 5.43 Å². The highest BCUT2D eigenvalue weighted by Gasteiger charge is 2.19. The number of aliphatic carboxylic acids is 1. The quantitative estimate of drug-likeness (QED) is 0.886. The normalized spacial score (nSPS) is 10.7. The Labute approximate surface area is 91.1 Å². The zero-order valence-electron chi connectivity index (χ0n) is 7.26. The molecule has 0 aliphatic rings. The number of aromatic amines is 1. The van der Waals surface area contributed by atoms with Crippen molar-refractivity contribution in [2.75, 3.05) is 0 Å². The Hall–Kier alpha value is -1.24. The van der Waals surface area contributed by atoms with Gasteiger partial charge in [0.25, 0.3) is 6.43 Å². The molecule has 7 heteroatoms. The minimum atomic E-state index is -2.90. The number of carboxylic acids is 1. The summed E-state index contributed by atoms with van der Waals surface area (Å²) in [6.45, 7) is 0. The molecule has 1 aromatic rings. The molecule has 0 spiro atoms. The van der Waals surface area contributed by atoms with E-state index in [2.05, 4.69) is 20.9 Å². The molecule has 0 saturated carbocycles. The van der Waals surface area contributed by atoms with Crippen molar-refractivity contribution in [1.29, 1.82) is 0 Å². The molecule has 0 aromatic carbocycles. The first-order chi connectivity index (χ1) is 6.93. The number of halogens is 3. The second-order valence-corrected chi connectivity index (χ2v) is 3.58. The first-order valence-electron chi connectivity index (χ1n) is 3.83. The number of aromatic nitrogens is 1. The van der Waals surface area contributed by atoms with Gasteiger partial charge in [0.2, 0.25) is 0 Å². The summed E-state index contributed by atoms with van der Waals surface area (Å²) in [6, 6.07) is 0. The first kappa shape index (κ1) is 11.8. The molecule has 82 valence electrons. The van der Waals surface area contributed by atoms with E-state index in [1.54, 1.807) is 0 Å². The van der Waals surface area contributed by atoms with Crippen LogP contribution in [0.4, 0.5) is 8.78 Å². The van der Waals surface area contributed by atoms with Gasteiger partial charge in [-0.15, -0.1) is 0 Å². The number of carbonyl (C=O) groups is 1. The third-order valence-corrected chi connectivity index (χ3v) is 2.31. The minimum absolute atomic E-state index is 0.0307. The van der Waals surface area contributed by atoms with Crippen molar-refractivity contribution >= 4 is 21.9 Å². The Morgan fingerprint density at radius 1 is 1.60 bits per heavy atom. The second kappa shape index (κ2) is 4.52. The number of nitrogens with one attached hydrogen (secondary N) is 1. The number of hydrogen-bond donors (Lipinski definition) is 2. The van der Waals surface area contributed by atoms with Crippen LogP contribution in [0.1, 0.15) is 17.7 Å². The molecular formula is C8H6BrF2NO3. The summed E-state index contributed by atoms with van der Waals surface area (Å²) >= 11 is 2.84. The Kier molecular flexibility index (Phi) is 3.57. The van der Waals surface area contributed by atoms with Crippen LogP contribution in [-0.4, -0.2) is 16.1 Å². The summed E-state index contributed by atoms with van der Waals surface area (Å²) in [7, 11) is 0. The number of alkyl halides is 2. The zero-order valence-corrected chi connectivity index (χ0v) is 8.85. The van der Waals surface area contributed by atoms with E-state index in [0.717, 1.165) is 6.20 Å². The Bertz CT molecular complexity index is 444. The lowest BCUT2D eigenvalue weighted by molar-refractivity contribution is -0.136. The fraction of sp³-hybridized carbons (Fsp3) is 0.250. The van der Waals surface area contributed by atoms with Crippen molar-refractivity contribution in [3.05, 3.63) is 32.2 Å². The van der Waals surface area contributed by atoms with Crippen LogP contribution in [-0.2, 0) is 11.2 Å². The molecule has 15 heavy (non-hydrogen) atoms. The van der Waals surface area contributed by atoms with Gasteiger partial charge in [-0.1, -0.05) is 0 Å². The van der Waals surface area contributed by atoms with E-state index >= 15 is 0 Å². The second-order valence-electron chi connectivity index (χ2n) is 2.73. The molecule has 0 atom stereocenters. The van der Waals surface area contributed by atoms with Crippen molar-refractivity contribution in [3.8, 4) is 0 Å². The molecule has 0 radical (unpaired) electrons. The Morgan fingerprint density at radius 2 is 2.20 bits per heavy atom. The van der Waals surface area contributed by atoms with Crippen molar-refractivity contribution in [3.63, 3.8) is 0 Å². The highest BCUT2D eigenvalue weighted by Crippen LogP contribution is 2.20. The fourth-order valence-electron chi connectivity index (χ4n) is 1.08. The van der Waals surface area contributed by atoms with Crippen molar-refractivity contribution in [2.45, 2.75) is 12.8 Å². The lowest BCUT2D eigenvalue weighted by atomic mass is 10.1. The maximum absolute atomic E-state index is 12.4.